The summed E-state index contributed by atoms with van der Waals surface area (Å²) < 4.78 is 0.642. The van der Waals surface area contributed by atoms with Gasteiger partial charge in [-0.1, -0.05) is 19.3 Å². The van der Waals surface area contributed by atoms with Crippen LogP contribution in [0.15, 0.2) is 18.2 Å². The van der Waals surface area contributed by atoms with Gasteiger partial charge >= 0.3 is 0 Å². The van der Waals surface area contributed by atoms with Crippen molar-refractivity contribution in [3.63, 3.8) is 0 Å². The van der Waals surface area contributed by atoms with E-state index in [0.717, 1.165) is 18.5 Å². The molecule has 0 saturated heterocycles. The summed E-state index contributed by atoms with van der Waals surface area (Å²) in [6, 6.07) is 5.64. The van der Waals surface area contributed by atoms with Gasteiger partial charge in [-0.2, -0.15) is 0 Å². The summed E-state index contributed by atoms with van der Waals surface area (Å²) in [7, 11) is 0. The molecule has 1 fully saturated rings. The van der Waals surface area contributed by atoms with Crippen molar-refractivity contribution in [3.8, 4) is 0 Å². The summed E-state index contributed by atoms with van der Waals surface area (Å²) in [4.78, 5) is 12.7. The first-order chi connectivity index (χ1) is 9.63. The molecule has 1 N–H and O–H groups in total. The van der Waals surface area contributed by atoms with Crippen molar-refractivity contribution in [2.45, 2.75) is 38.1 Å². The maximum Gasteiger partial charge on any atom is 0.282 e. The molecule has 0 heterocycles. The van der Waals surface area contributed by atoms with Crippen LogP contribution < -0.4 is 4.90 Å². The molecule has 0 aromatic heterocycles. The monoisotopic (exact) mass is 390 g/mol. The van der Waals surface area contributed by atoms with E-state index in [4.69, 9.17) is 0 Å². The standard InChI is InChI=1S/C14H19IN2O3/c15-13-10-12(6-7-14(13)17(19)20)16(8-9-18)11-4-2-1-3-5-11/h6-7,10-11,18H,1-5,8-9H2. The predicted molar refractivity (Wildman–Crippen MR) is 87.1 cm³/mol. The van der Waals surface area contributed by atoms with Gasteiger partial charge in [0, 0.05) is 24.3 Å². The van der Waals surface area contributed by atoms with E-state index >= 15 is 0 Å². The van der Waals surface area contributed by atoms with Crippen LogP contribution in [0.3, 0.4) is 0 Å². The fourth-order valence-electron chi connectivity index (χ4n) is 2.85. The summed E-state index contributed by atoms with van der Waals surface area (Å²) in [5.41, 5.74) is 1.11. The number of hydrogen-bond donors (Lipinski definition) is 1. The van der Waals surface area contributed by atoms with Gasteiger partial charge in [-0.25, -0.2) is 0 Å². The van der Waals surface area contributed by atoms with Gasteiger partial charge in [-0.05, 0) is 47.6 Å². The summed E-state index contributed by atoms with van der Waals surface area (Å²) in [6.07, 6.45) is 5.98. The fourth-order valence-corrected chi connectivity index (χ4v) is 3.54. The van der Waals surface area contributed by atoms with Crippen molar-refractivity contribution in [2.24, 2.45) is 0 Å². The Bertz CT molecular complexity index is 475. The van der Waals surface area contributed by atoms with Gasteiger partial charge in [0.25, 0.3) is 5.69 Å². The third kappa shape index (κ3) is 3.60. The second-order valence-electron chi connectivity index (χ2n) is 5.10. The smallest absolute Gasteiger partial charge is 0.282 e. The normalized spacial score (nSPS) is 16.1. The quantitative estimate of drug-likeness (QED) is 0.476. The lowest BCUT2D eigenvalue weighted by atomic mass is 9.93. The van der Waals surface area contributed by atoms with Gasteiger partial charge < -0.3 is 10.0 Å². The van der Waals surface area contributed by atoms with Gasteiger partial charge in [-0.3, -0.25) is 10.1 Å². The minimum Gasteiger partial charge on any atom is -0.395 e. The van der Waals surface area contributed by atoms with Crippen LogP contribution in [-0.2, 0) is 0 Å². The molecule has 0 radical (unpaired) electrons. The highest BCUT2D eigenvalue weighted by Gasteiger charge is 2.22. The molecule has 1 aromatic rings. The first kappa shape index (κ1) is 15.5. The Labute approximate surface area is 132 Å². The molecule has 0 unspecified atom stereocenters. The van der Waals surface area contributed by atoms with Crippen LogP contribution in [0.4, 0.5) is 11.4 Å². The number of nitrogens with zero attached hydrogens (tertiary/aromatic N) is 2. The molecule has 6 heteroatoms. The van der Waals surface area contributed by atoms with E-state index in [1.165, 1.54) is 19.3 Å². The fraction of sp³-hybridized carbons (Fsp3) is 0.571. The molecule has 110 valence electrons. The predicted octanol–water partition coefficient (Wildman–Crippen LogP) is 3.33. The molecule has 1 aliphatic carbocycles. The number of aliphatic hydroxyl groups is 1. The summed E-state index contributed by atoms with van der Waals surface area (Å²) in [5.74, 6) is 0. The Kier molecular flexibility index (Phi) is 5.59. The van der Waals surface area contributed by atoms with Gasteiger partial charge in [0.15, 0.2) is 0 Å². The molecule has 0 aliphatic heterocycles. The third-order valence-electron chi connectivity index (χ3n) is 3.82. The van der Waals surface area contributed by atoms with Crippen molar-refractivity contribution < 1.29 is 10.0 Å². The molecule has 1 aliphatic rings. The van der Waals surface area contributed by atoms with E-state index in [-0.39, 0.29) is 17.2 Å². The lowest BCUT2D eigenvalue weighted by Crippen LogP contribution is -2.38. The Morgan fingerprint density at radius 1 is 1.35 bits per heavy atom. The second kappa shape index (κ2) is 7.21. The number of aliphatic hydroxyl groups excluding tert-OH is 1. The maximum atomic E-state index is 10.9. The number of nitro benzene ring substituents is 1. The van der Waals surface area contributed by atoms with Crippen LogP contribution in [0.25, 0.3) is 0 Å². The van der Waals surface area contributed by atoms with Crippen LogP contribution in [0.5, 0.6) is 0 Å². The zero-order valence-electron chi connectivity index (χ0n) is 11.3. The number of hydrogen-bond acceptors (Lipinski definition) is 4. The van der Waals surface area contributed by atoms with Crippen LogP contribution in [0.2, 0.25) is 0 Å². The van der Waals surface area contributed by atoms with Crippen molar-refractivity contribution in [1.82, 2.24) is 0 Å². The van der Waals surface area contributed by atoms with Crippen LogP contribution in [-0.4, -0.2) is 29.2 Å². The minimum absolute atomic E-state index is 0.101. The molecule has 0 spiro atoms. The largest absolute Gasteiger partial charge is 0.395 e. The van der Waals surface area contributed by atoms with Crippen LogP contribution in [0, 0.1) is 13.7 Å². The molecule has 0 amide bonds. The number of nitro groups is 1. The van der Waals surface area contributed by atoms with Crippen molar-refractivity contribution in [3.05, 3.63) is 31.9 Å². The molecular weight excluding hydrogens is 371 g/mol. The molecule has 1 aromatic carbocycles. The Morgan fingerprint density at radius 2 is 2.05 bits per heavy atom. The van der Waals surface area contributed by atoms with Crippen molar-refractivity contribution >= 4 is 34.0 Å². The highest BCUT2D eigenvalue weighted by Crippen LogP contribution is 2.31. The Balaban J connectivity index is 2.24. The molecule has 0 bridgehead atoms. The average molecular weight is 390 g/mol. The van der Waals surface area contributed by atoms with E-state index in [1.807, 2.05) is 28.7 Å². The van der Waals surface area contributed by atoms with E-state index < -0.39 is 0 Å². The highest BCUT2D eigenvalue weighted by molar-refractivity contribution is 14.1. The average Bonchev–Trinajstić information content (AvgIpc) is 2.45. The third-order valence-corrected chi connectivity index (χ3v) is 4.68. The first-order valence-electron chi connectivity index (χ1n) is 6.95. The van der Waals surface area contributed by atoms with Gasteiger partial charge in [-0.15, -0.1) is 0 Å². The maximum absolute atomic E-state index is 10.9. The lowest BCUT2D eigenvalue weighted by Gasteiger charge is -2.35. The number of anilines is 1. The van der Waals surface area contributed by atoms with Crippen molar-refractivity contribution in [1.29, 1.82) is 0 Å². The second-order valence-corrected chi connectivity index (χ2v) is 6.26. The summed E-state index contributed by atoms with van der Waals surface area (Å²) in [6.45, 7) is 0.683. The van der Waals surface area contributed by atoms with Crippen molar-refractivity contribution in [2.75, 3.05) is 18.1 Å². The number of benzene rings is 1. The highest BCUT2D eigenvalue weighted by atomic mass is 127. The molecule has 5 nitrogen and oxygen atoms in total. The zero-order chi connectivity index (χ0) is 14.5. The van der Waals surface area contributed by atoms with Crippen LogP contribution >= 0.6 is 22.6 Å². The summed E-state index contributed by atoms with van der Waals surface area (Å²) in [5, 5.41) is 20.2. The van der Waals surface area contributed by atoms with Crippen LogP contribution in [0.1, 0.15) is 32.1 Å². The number of rotatable bonds is 5. The zero-order valence-corrected chi connectivity index (χ0v) is 13.5. The molecular formula is C14H19IN2O3. The number of halogens is 1. The van der Waals surface area contributed by atoms with Gasteiger partial charge in [0.2, 0.25) is 0 Å². The molecule has 1 saturated carbocycles. The Morgan fingerprint density at radius 3 is 2.60 bits per heavy atom. The van der Waals surface area contributed by atoms with E-state index in [9.17, 15) is 15.2 Å². The lowest BCUT2D eigenvalue weighted by molar-refractivity contribution is -0.385. The SMILES string of the molecule is O=[N+]([O-])c1ccc(N(CCO)C2CCCCC2)cc1I. The Hall–Kier alpha value is -0.890. The van der Waals surface area contributed by atoms with Gasteiger partial charge in [0.1, 0.15) is 0 Å². The van der Waals surface area contributed by atoms with E-state index in [0.29, 0.717) is 16.2 Å². The molecule has 2 rings (SSSR count). The topological polar surface area (TPSA) is 66.6 Å². The molecule has 20 heavy (non-hydrogen) atoms. The molecule has 0 atom stereocenters. The van der Waals surface area contributed by atoms with E-state index in [2.05, 4.69) is 4.90 Å². The minimum atomic E-state index is -0.359. The first-order valence-corrected chi connectivity index (χ1v) is 8.03. The van der Waals surface area contributed by atoms with E-state index in [1.54, 1.807) is 12.1 Å². The van der Waals surface area contributed by atoms with Gasteiger partial charge in [0.05, 0.1) is 15.1 Å². The summed E-state index contributed by atoms with van der Waals surface area (Å²) >= 11 is 2.00.